The molecular formula is C6H7FN2OS. The molecule has 0 spiro atoms. The van der Waals surface area contributed by atoms with Gasteiger partial charge in [-0.3, -0.25) is 4.21 Å². The van der Waals surface area contributed by atoms with Gasteiger partial charge >= 0.3 is 0 Å². The van der Waals surface area contributed by atoms with Gasteiger partial charge in [0.2, 0.25) is 5.16 Å². The van der Waals surface area contributed by atoms with Gasteiger partial charge in [0.1, 0.15) is 0 Å². The number of nitrogens with zero attached hydrogens (tertiary/aromatic N) is 2. The van der Waals surface area contributed by atoms with Crippen LogP contribution in [0.1, 0.15) is 5.69 Å². The zero-order valence-electron chi connectivity index (χ0n) is 6.17. The van der Waals surface area contributed by atoms with Crippen molar-refractivity contribution in [1.29, 1.82) is 0 Å². The Hall–Kier alpha value is -0.840. The van der Waals surface area contributed by atoms with Crippen molar-refractivity contribution in [3.63, 3.8) is 0 Å². The minimum atomic E-state index is -1.24. The molecule has 0 aliphatic rings. The second kappa shape index (κ2) is 3.04. The Labute approximate surface area is 66.1 Å². The summed E-state index contributed by atoms with van der Waals surface area (Å²) in [5, 5.41) is 0.170. The van der Waals surface area contributed by atoms with E-state index in [0.717, 1.165) is 6.20 Å². The molecule has 0 amide bonds. The Morgan fingerprint density at radius 2 is 2.27 bits per heavy atom. The summed E-state index contributed by atoms with van der Waals surface area (Å²) in [7, 11) is -1.24. The highest BCUT2D eigenvalue weighted by Crippen LogP contribution is 2.02. The molecule has 0 aliphatic heterocycles. The van der Waals surface area contributed by atoms with Crippen LogP contribution in [0.5, 0.6) is 0 Å². The minimum absolute atomic E-state index is 0.170. The molecule has 0 saturated heterocycles. The van der Waals surface area contributed by atoms with Crippen molar-refractivity contribution >= 4 is 10.8 Å². The number of aromatic nitrogens is 2. The molecule has 0 radical (unpaired) electrons. The monoisotopic (exact) mass is 174 g/mol. The third kappa shape index (κ3) is 1.80. The van der Waals surface area contributed by atoms with Crippen LogP contribution >= 0.6 is 0 Å². The Morgan fingerprint density at radius 1 is 1.64 bits per heavy atom. The van der Waals surface area contributed by atoms with Crippen molar-refractivity contribution in [2.24, 2.45) is 0 Å². The van der Waals surface area contributed by atoms with Gasteiger partial charge in [-0.1, -0.05) is 0 Å². The van der Waals surface area contributed by atoms with E-state index < -0.39 is 16.6 Å². The van der Waals surface area contributed by atoms with E-state index >= 15 is 0 Å². The van der Waals surface area contributed by atoms with Crippen LogP contribution in [0.3, 0.4) is 0 Å². The van der Waals surface area contributed by atoms with Crippen LogP contribution in [0, 0.1) is 12.7 Å². The molecule has 3 nitrogen and oxygen atoms in total. The molecule has 0 aliphatic carbocycles. The number of hydrogen-bond acceptors (Lipinski definition) is 3. The Balaban J connectivity index is 3.15. The quantitative estimate of drug-likeness (QED) is 0.587. The first-order valence-electron chi connectivity index (χ1n) is 2.94. The van der Waals surface area contributed by atoms with E-state index in [9.17, 15) is 8.60 Å². The first-order valence-corrected chi connectivity index (χ1v) is 4.49. The molecule has 0 bridgehead atoms. The minimum Gasteiger partial charge on any atom is -0.251 e. The molecule has 1 atom stereocenters. The first-order chi connectivity index (χ1) is 5.11. The zero-order valence-corrected chi connectivity index (χ0v) is 6.98. The fourth-order valence-electron chi connectivity index (χ4n) is 0.570. The highest BCUT2D eigenvalue weighted by molar-refractivity contribution is 7.84. The number of halogens is 1. The Morgan fingerprint density at radius 3 is 2.73 bits per heavy atom. The van der Waals surface area contributed by atoms with E-state index in [4.69, 9.17) is 0 Å². The van der Waals surface area contributed by atoms with Gasteiger partial charge in [0.15, 0.2) is 5.82 Å². The predicted octanol–water partition coefficient (Wildman–Crippen LogP) is 0.662. The van der Waals surface area contributed by atoms with E-state index in [0.29, 0.717) is 0 Å². The van der Waals surface area contributed by atoms with E-state index in [-0.39, 0.29) is 10.9 Å². The second-order valence-electron chi connectivity index (χ2n) is 2.04. The van der Waals surface area contributed by atoms with E-state index in [1.54, 1.807) is 0 Å². The third-order valence-electron chi connectivity index (χ3n) is 1.15. The lowest BCUT2D eigenvalue weighted by Crippen LogP contribution is -2.00. The summed E-state index contributed by atoms with van der Waals surface area (Å²) < 4.78 is 23.3. The van der Waals surface area contributed by atoms with Crippen molar-refractivity contribution in [3.8, 4) is 0 Å². The highest BCUT2D eigenvalue weighted by atomic mass is 32.2. The summed E-state index contributed by atoms with van der Waals surface area (Å²) in [6.45, 7) is 1.51. The van der Waals surface area contributed by atoms with Crippen molar-refractivity contribution in [2.75, 3.05) is 6.26 Å². The SMILES string of the molecule is Cc1nc([S@@](C)=O)ncc1F. The van der Waals surface area contributed by atoms with E-state index in [1.165, 1.54) is 13.2 Å². The van der Waals surface area contributed by atoms with Crippen molar-refractivity contribution < 1.29 is 8.60 Å². The lowest BCUT2D eigenvalue weighted by Gasteiger charge is -1.96. The topological polar surface area (TPSA) is 42.9 Å². The van der Waals surface area contributed by atoms with Crippen LogP contribution in [0.15, 0.2) is 11.4 Å². The lowest BCUT2D eigenvalue weighted by atomic mass is 10.4. The van der Waals surface area contributed by atoms with Gasteiger partial charge in [0.25, 0.3) is 0 Å². The summed E-state index contributed by atoms with van der Waals surface area (Å²) in [4.78, 5) is 7.24. The zero-order chi connectivity index (χ0) is 8.43. The molecule has 1 heterocycles. The van der Waals surface area contributed by atoms with Crippen LogP contribution in [-0.4, -0.2) is 20.4 Å². The molecule has 0 aromatic carbocycles. The van der Waals surface area contributed by atoms with Crippen molar-refractivity contribution in [1.82, 2.24) is 9.97 Å². The largest absolute Gasteiger partial charge is 0.251 e. The molecule has 0 fully saturated rings. The van der Waals surface area contributed by atoms with Crippen LogP contribution in [0.2, 0.25) is 0 Å². The molecule has 11 heavy (non-hydrogen) atoms. The Kier molecular flexibility index (Phi) is 2.28. The summed E-state index contributed by atoms with van der Waals surface area (Å²) in [5.41, 5.74) is 0.227. The lowest BCUT2D eigenvalue weighted by molar-refractivity contribution is 0.590. The number of aryl methyl sites for hydroxylation is 1. The number of hydrogen-bond donors (Lipinski definition) is 0. The maximum atomic E-state index is 12.5. The average molecular weight is 174 g/mol. The molecule has 0 unspecified atom stereocenters. The second-order valence-corrected chi connectivity index (χ2v) is 3.31. The molecule has 1 rings (SSSR count). The van der Waals surface area contributed by atoms with E-state index in [2.05, 4.69) is 9.97 Å². The van der Waals surface area contributed by atoms with Gasteiger partial charge in [0, 0.05) is 6.26 Å². The van der Waals surface area contributed by atoms with Crippen LogP contribution in [0.4, 0.5) is 4.39 Å². The molecule has 0 saturated carbocycles. The fourth-order valence-corrected chi connectivity index (χ4v) is 1.04. The van der Waals surface area contributed by atoms with Crippen LogP contribution in [-0.2, 0) is 10.8 Å². The van der Waals surface area contributed by atoms with Gasteiger partial charge in [-0.25, -0.2) is 14.4 Å². The van der Waals surface area contributed by atoms with E-state index in [1.807, 2.05) is 0 Å². The normalized spacial score (nSPS) is 13.0. The smallest absolute Gasteiger partial charge is 0.218 e. The molecule has 0 N–H and O–H groups in total. The molecule has 1 aromatic rings. The van der Waals surface area contributed by atoms with Gasteiger partial charge < -0.3 is 0 Å². The molecule has 1 aromatic heterocycles. The van der Waals surface area contributed by atoms with Crippen molar-refractivity contribution in [3.05, 3.63) is 17.7 Å². The number of rotatable bonds is 1. The molecule has 60 valence electrons. The van der Waals surface area contributed by atoms with Crippen LogP contribution < -0.4 is 0 Å². The first kappa shape index (κ1) is 8.26. The molecular weight excluding hydrogens is 167 g/mol. The predicted molar refractivity (Wildman–Crippen MR) is 39.1 cm³/mol. The van der Waals surface area contributed by atoms with Gasteiger partial charge in [0.05, 0.1) is 22.7 Å². The average Bonchev–Trinajstić information content (AvgIpc) is 1.94. The van der Waals surface area contributed by atoms with Crippen molar-refractivity contribution in [2.45, 2.75) is 12.1 Å². The Bertz CT molecular complexity index is 303. The summed E-state index contributed by atoms with van der Waals surface area (Å²) in [5.74, 6) is -0.473. The van der Waals surface area contributed by atoms with Gasteiger partial charge in [-0.05, 0) is 6.92 Å². The fraction of sp³-hybridized carbons (Fsp3) is 0.333. The van der Waals surface area contributed by atoms with Crippen LogP contribution in [0.25, 0.3) is 0 Å². The summed E-state index contributed by atoms with van der Waals surface area (Å²) in [6.07, 6.45) is 2.48. The standard InChI is InChI=1S/C6H7FN2OS/c1-4-5(7)3-8-6(9-4)11(2)10/h3H,1-2H3/t11-/m1/s1. The highest BCUT2D eigenvalue weighted by Gasteiger charge is 2.04. The third-order valence-corrected chi connectivity index (χ3v) is 1.87. The summed E-state index contributed by atoms with van der Waals surface area (Å²) in [6, 6.07) is 0. The van der Waals surface area contributed by atoms with Gasteiger partial charge in [-0.2, -0.15) is 0 Å². The summed E-state index contributed by atoms with van der Waals surface area (Å²) >= 11 is 0. The maximum absolute atomic E-state index is 12.5. The maximum Gasteiger partial charge on any atom is 0.218 e. The molecule has 5 heteroatoms. The van der Waals surface area contributed by atoms with Gasteiger partial charge in [-0.15, -0.1) is 0 Å².